The van der Waals surface area contributed by atoms with Crippen LogP contribution in [0.25, 0.3) is 0 Å². The van der Waals surface area contributed by atoms with Gasteiger partial charge in [-0.2, -0.15) is 0 Å². The SMILES string of the molecule is C#CCNC(=O)c1ccc(OC)c(O)c1. The number of benzene rings is 1. The Balaban J connectivity index is 2.84. The molecule has 0 atom stereocenters. The summed E-state index contributed by atoms with van der Waals surface area (Å²) in [4.78, 5) is 11.4. The second-order valence-electron chi connectivity index (χ2n) is 2.77. The lowest BCUT2D eigenvalue weighted by Crippen LogP contribution is -2.23. The maximum atomic E-state index is 11.4. The largest absolute Gasteiger partial charge is 0.504 e. The average molecular weight is 205 g/mol. The number of amides is 1. The summed E-state index contributed by atoms with van der Waals surface area (Å²) >= 11 is 0. The standard InChI is InChI=1S/C11H11NO3/c1-3-6-12-11(14)8-4-5-10(15-2)9(13)7-8/h1,4-5,7,13H,6H2,2H3,(H,12,14). The van der Waals surface area contributed by atoms with Crippen LogP contribution in [0.5, 0.6) is 11.5 Å². The average Bonchev–Trinajstić information content (AvgIpc) is 2.25. The van der Waals surface area contributed by atoms with Crippen LogP contribution in [0, 0.1) is 12.3 Å². The van der Waals surface area contributed by atoms with Crippen LogP contribution < -0.4 is 10.1 Å². The molecule has 1 rings (SSSR count). The van der Waals surface area contributed by atoms with Crippen molar-refractivity contribution in [3.8, 4) is 23.8 Å². The third-order valence-corrected chi connectivity index (χ3v) is 1.79. The molecule has 78 valence electrons. The van der Waals surface area contributed by atoms with Crippen LogP contribution in [-0.4, -0.2) is 24.7 Å². The lowest BCUT2D eigenvalue weighted by Gasteiger charge is -2.05. The van der Waals surface area contributed by atoms with E-state index in [-0.39, 0.29) is 18.2 Å². The Hall–Kier alpha value is -2.15. The van der Waals surface area contributed by atoms with Gasteiger partial charge in [-0.1, -0.05) is 5.92 Å². The highest BCUT2D eigenvalue weighted by atomic mass is 16.5. The van der Waals surface area contributed by atoms with Gasteiger partial charge in [0.25, 0.3) is 5.91 Å². The zero-order valence-corrected chi connectivity index (χ0v) is 8.28. The Morgan fingerprint density at radius 1 is 1.67 bits per heavy atom. The number of methoxy groups -OCH3 is 1. The monoisotopic (exact) mass is 205 g/mol. The Morgan fingerprint density at radius 3 is 2.93 bits per heavy atom. The summed E-state index contributed by atoms with van der Waals surface area (Å²) in [5.41, 5.74) is 0.337. The number of aromatic hydroxyl groups is 1. The molecule has 0 saturated carbocycles. The fourth-order valence-electron chi connectivity index (χ4n) is 1.06. The number of hydrogen-bond acceptors (Lipinski definition) is 3. The van der Waals surface area contributed by atoms with Crippen LogP contribution in [0.2, 0.25) is 0 Å². The topological polar surface area (TPSA) is 58.6 Å². The van der Waals surface area contributed by atoms with Crippen LogP contribution in [0.4, 0.5) is 0 Å². The summed E-state index contributed by atoms with van der Waals surface area (Å²) in [7, 11) is 1.44. The van der Waals surface area contributed by atoms with Crippen molar-refractivity contribution in [3.05, 3.63) is 23.8 Å². The van der Waals surface area contributed by atoms with Gasteiger partial charge in [-0.05, 0) is 18.2 Å². The molecule has 0 heterocycles. The normalized spacial score (nSPS) is 9.07. The molecule has 0 bridgehead atoms. The van der Waals surface area contributed by atoms with E-state index in [0.717, 1.165) is 0 Å². The number of phenols is 1. The first-order valence-corrected chi connectivity index (χ1v) is 4.27. The molecule has 0 unspecified atom stereocenters. The number of rotatable bonds is 3. The molecule has 0 fully saturated rings. The highest BCUT2D eigenvalue weighted by Gasteiger charge is 2.08. The van der Waals surface area contributed by atoms with Crippen LogP contribution in [0.1, 0.15) is 10.4 Å². The smallest absolute Gasteiger partial charge is 0.252 e. The maximum absolute atomic E-state index is 11.4. The molecule has 1 aromatic carbocycles. The summed E-state index contributed by atoms with van der Waals surface area (Å²) < 4.78 is 4.85. The van der Waals surface area contributed by atoms with E-state index < -0.39 is 0 Å². The van der Waals surface area contributed by atoms with Crippen LogP contribution in [0.3, 0.4) is 0 Å². The number of nitrogens with one attached hydrogen (secondary N) is 1. The Morgan fingerprint density at radius 2 is 2.40 bits per heavy atom. The summed E-state index contributed by atoms with van der Waals surface area (Å²) in [5.74, 6) is 2.20. The number of carbonyl (C=O) groups is 1. The van der Waals surface area contributed by atoms with E-state index in [1.165, 1.54) is 19.2 Å². The molecule has 0 aliphatic carbocycles. The third-order valence-electron chi connectivity index (χ3n) is 1.79. The number of phenolic OH excluding ortho intramolecular Hbond substituents is 1. The van der Waals surface area contributed by atoms with E-state index in [9.17, 15) is 9.90 Å². The molecular formula is C11H11NO3. The van der Waals surface area contributed by atoms with Crippen molar-refractivity contribution in [1.82, 2.24) is 5.32 Å². The molecule has 0 aliphatic rings. The van der Waals surface area contributed by atoms with Gasteiger partial charge in [0.1, 0.15) is 0 Å². The molecule has 0 aliphatic heterocycles. The van der Waals surface area contributed by atoms with Gasteiger partial charge < -0.3 is 15.2 Å². The van der Waals surface area contributed by atoms with Crippen molar-refractivity contribution in [2.45, 2.75) is 0 Å². The van der Waals surface area contributed by atoms with Crippen LogP contribution in [-0.2, 0) is 0 Å². The molecule has 0 spiro atoms. The van der Waals surface area contributed by atoms with Gasteiger partial charge in [-0.3, -0.25) is 4.79 Å². The van der Waals surface area contributed by atoms with Gasteiger partial charge in [-0.15, -0.1) is 6.42 Å². The Bertz CT molecular complexity index is 407. The predicted octanol–water partition coefficient (Wildman–Crippen LogP) is 0.764. The van der Waals surface area contributed by atoms with Gasteiger partial charge in [0.15, 0.2) is 11.5 Å². The minimum atomic E-state index is -0.328. The quantitative estimate of drug-likeness (QED) is 0.716. The molecule has 2 N–H and O–H groups in total. The summed E-state index contributed by atoms with van der Waals surface area (Å²) in [5, 5.41) is 11.9. The maximum Gasteiger partial charge on any atom is 0.252 e. The molecule has 1 amide bonds. The first-order chi connectivity index (χ1) is 7.19. The fraction of sp³-hybridized carbons (Fsp3) is 0.182. The Kier molecular flexibility index (Phi) is 3.58. The van der Waals surface area contributed by atoms with Crippen molar-refractivity contribution in [1.29, 1.82) is 0 Å². The van der Waals surface area contributed by atoms with E-state index in [4.69, 9.17) is 11.2 Å². The molecule has 0 saturated heterocycles. The molecule has 0 aromatic heterocycles. The second-order valence-corrected chi connectivity index (χ2v) is 2.77. The second kappa shape index (κ2) is 4.91. The highest BCUT2D eigenvalue weighted by Crippen LogP contribution is 2.25. The van der Waals surface area contributed by atoms with Gasteiger partial charge >= 0.3 is 0 Å². The van der Waals surface area contributed by atoms with Crippen molar-refractivity contribution in [3.63, 3.8) is 0 Å². The molecule has 15 heavy (non-hydrogen) atoms. The lowest BCUT2D eigenvalue weighted by molar-refractivity contribution is 0.0958. The first kappa shape index (κ1) is 10.9. The fourth-order valence-corrected chi connectivity index (χ4v) is 1.06. The molecule has 4 heteroatoms. The number of terminal acetylenes is 1. The van der Waals surface area contributed by atoms with Gasteiger partial charge in [0.2, 0.25) is 0 Å². The van der Waals surface area contributed by atoms with Crippen LogP contribution in [0.15, 0.2) is 18.2 Å². The molecule has 4 nitrogen and oxygen atoms in total. The molecule has 1 aromatic rings. The third kappa shape index (κ3) is 2.64. The van der Waals surface area contributed by atoms with Crippen molar-refractivity contribution < 1.29 is 14.6 Å². The zero-order valence-electron chi connectivity index (χ0n) is 8.28. The minimum Gasteiger partial charge on any atom is -0.504 e. The minimum absolute atomic E-state index is 0.0779. The molecular weight excluding hydrogens is 194 g/mol. The summed E-state index contributed by atoms with van der Waals surface area (Å²) in [6, 6.07) is 4.38. The van der Waals surface area contributed by atoms with Crippen molar-refractivity contribution >= 4 is 5.91 Å². The number of ether oxygens (including phenoxy) is 1. The van der Waals surface area contributed by atoms with Crippen LogP contribution >= 0.6 is 0 Å². The van der Waals surface area contributed by atoms with Gasteiger partial charge in [0.05, 0.1) is 13.7 Å². The van der Waals surface area contributed by atoms with Crippen molar-refractivity contribution in [2.24, 2.45) is 0 Å². The summed E-state index contributed by atoms with van der Waals surface area (Å²) in [6.07, 6.45) is 5.00. The Labute approximate surface area is 87.9 Å². The van der Waals surface area contributed by atoms with E-state index in [1.807, 2.05) is 0 Å². The molecule has 0 radical (unpaired) electrons. The van der Waals surface area contributed by atoms with Gasteiger partial charge in [-0.25, -0.2) is 0 Å². The number of hydrogen-bond donors (Lipinski definition) is 2. The zero-order chi connectivity index (χ0) is 11.3. The number of carbonyl (C=O) groups excluding carboxylic acids is 1. The lowest BCUT2D eigenvalue weighted by atomic mass is 10.2. The van der Waals surface area contributed by atoms with E-state index in [1.54, 1.807) is 6.07 Å². The van der Waals surface area contributed by atoms with Crippen molar-refractivity contribution in [2.75, 3.05) is 13.7 Å². The van der Waals surface area contributed by atoms with Gasteiger partial charge in [0, 0.05) is 5.56 Å². The predicted molar refractivity (Wildman–Crippen MR) is 55.8 cm³/mol. The van der Waals surface area contributed by atoms with E-state index >= 15 is 0 Å². The van der Waals surface area contributed by atoms with E-state index in [0.29, 0.717) is 11.3 Å². The highest BCUT2D eigenvalue weighted by molar-refractivity contribution is 5.94. The van der Waals surface area contributed by atoms with E-state index in [2.05, 4.69) is 11.2 Å². The summed E-state index contributed by atoms with van der Waals surface area (Å²) in [6.45, 7) is 0.158. The first-order valence-electron chi connectivity index (χ1n) is 4.27.